The Morgan fingerprint density at radius 1 is 1.30 bits per heavy atom. The summed E-state index contributed by atoms with van der Waals surface area (Å²) in [6, 6.07) is 5.84. The smallest absolute Gasteiger partial charge is 0.336 e. The molecule has 7 heteroatoms. The molecule has 1 aromatic heterocycles. The summed E-state index contributed by atoms with van der Waals surface area (Å²) in [4.78, 5) is 23.6. The standard InChI is InChI=1S/C20H24O7/c1-6-11(2)19(23)27-18(20(3,4)24)17(22)13-9-12-7-8-16(21)26-14(12)10-15(13)25-5/h6-10,17-18,22,24H,1-5H3/t17-,18+/m1/s1. The molecule has 0 aliphatic carbocycles. The lowest BCUT2D eigenvalue weighted by atomic mass is 9.91. The highest BCUT2D eigenvalue weighted by atomic mass is 16.6. The van der Waals surface area contributed by atoms with Crippen LogP contribution in [0.4, 0.5) is 0 Å². The Morgan fingerprint density at radius 3 is 2.52 bits per heavy atom. The Balaban J connectivity index is 2.53. The van der Waals surface area contributed by atoms with Crippen molar-refractivity contribution in [3.8, 4) is 5.75 Å². The van der Waals surface area contributed by atoms with Gasteiger partial charge in [0.25, 0.3) is 0 Å². The van der Waals surface area contributed by atoms with Gasteiger partial charge in [-0.05, 0) is 39.8 Å². The average Bonchev–Trinajstić information content (AvgIpc) is 2.62. The van der Waals surface area contributed by atoms with Gasteiger partial charge in [0.2, 0.25) is 0 Å². The Hall–Kier alpha value is -2.64. The van der Waals surface area contributed by atoms with E-state index in [4.69, 9.17) is 13.9 Å². The molecule has 0 amide bonds. The summed E-state index contributed by atoms with van der Waals surface area (Å²) in [6.07, 6.45) is -1.07. The molecule has 27 heavy (non-hydrogen) atoms. The van der Waals surface area contributed by atoms with Crippen LogP contribution in [0.2, 0.25) is 0 Å². The number of carbonyl (C=O) groups is 1. The molecule has 0 saturated carbocycles. The van der Waals surface area contributed by atoms with Gasteiger partial charge in [0.15, 0.2) is 6.10 Å². The Kier molecular flexibility index (Phi) is 6.08. The molecule has 2 rings (SSSR count). The van der Waals surface area contributed by atoms with Crippen LogP contribution in [0.25, 0.3) is 11.0 Å². The Labute approximate surface area is 156 Å². The average molecular weight is 376 g/mol. The monoisotopic (exact) mass is 376 g/mol. The van der Waals surface area contributed by atoms with E-state index in [-0.39, 0.29) is 16.9 Å². The molecule has 2 atom stereocenters. The third-order valence-electron chi connectivity index (χ3n) is 4.26. The van der Waals surface area contributed by atoms with Crippen molar-refractivity contribution in [2.45, 2.75) is 45.5 Å². The number of rotatable bonds is 6. The van der Waals surface area contributed by atoms with Gasteiger partial charge in [0.1, 0.15) is 17.4 Å². The molecule has 0 fully saturated rings. The van der Waals surface area contributed by atoms with Crippen molar-refractivity contribution in [2.24, 2.45) is 0 Å². The molecule has 1 aromatic carbocycles. The van der Waals surface area contributed by atoms with Crippen molar-refractivity contribution >= 4 is 16.9 Å². The van der Waals surface area contributed by atoms with Gasteiger partial charge in [-0.3, -0.25) is 0 Å². The predicted octanol–water partition coefficient (Wildman–Crippen LogP) is 2.48. The second-order valence-electron chi connectivity index (χ2n) is 6.78. The Morgan fingerprint density at radius 2 is 1.96 bits per heavy atom. The van der Waals surface area contributed by atoms with E-state index < -0.39 is 29.4 Å². The first-order chi connectivity index (χ1) is 12.6. The van der Waals surface area contributed by atoms with Gasteiger partial charge >= 0.3 is 11.6 Å². The number of aliphatic hydroxyl groups excluding tert-OH is 1. The van der Waals surface area contributed by atoms with Crippen LogP contribution in [0, 0.1) is 0 Å². The third-order valence-corrected chi connectivity index (χ3v) is 4.26. The molecule has 0 aliphatic heterocycles. The van der Waals surface area contributed by atoms with Crippen molar-refractivity contribution < 1.29 is 28.9 Å². The quantitative estimate of drug-likeness (QED) is 0.453. The second-order valence-corrected chi connectivity index (χ2v) is 6.78. The maximum absolute atomic E-state index is 12.2. The molecule has 0 aliphatic rings. The molecule has 0 radical (unpaired) electrons. The van der Waals surface area contributed by atoms with Crippen LogP contribution >= 0.6 is 0 Å². The maximum Gasteiger partial charge on any atom is 0.336 e. The number of hydrogen-bond acceptors (Lipinski definition) is 7. The van der Waals surface area contributed by atoms with Gasteiger partial charge in [0, 0.05) is 28.7 Å². The van der Waals surface area contributed by atoms with E-state index in [1.165, 1.54) is 33.1 Å². The zero-order chi connectivity index (χ0) is 20.4. The van der Waals surface area contributed by atoms with Crippen LogP contribution < -0.4 is 10.4 Å². The third kappa shape index (κ3) is 4.56. The molecule has 2 aromatic rings. The van der Waals surface area contributed by atoms with Crippen LogP contribution in [0.3, 0.4) is 0 Å². The van der Waals surface area contributed by atoms with E-state index in [0.717, 1.165) is 0 Å². The first kappa shape index (κ1) is 20.7. The van der Waals surface area contributed by atoms with Crippen molar-refractivity contribution in [3.05, 3.63) is 51.9 Å². The van der Waals surface area contributed by atoms with Gasteiger partial charge < -0.3 is 24.1 Å². The Bertz CT molecular complexity index is 918. The molecule has 146 valence electrons. The highest BCUT2D eigenvalue weighted by Gasteiger charge is 2.39. The van der Waals surface area contributed by atoms with Gasteiger partial charge in [-0.2, -0.15) is 0 Å². The number of ether oxygens (including phenoxy) is 2. The first-order valence-electron chi connectivity index (χ1n) is 8.44. The molecule has 0 spiro atoms. The predicted molar refractivity (Wildman–Crippen MR) is 99.6 cm³/mol. The van der Waals surface area contributed by atoms with Crippen LogP contribution in [0.5, 0.6) is 5.75 Å². The highest BCUT2D eigenvalue weighted by molar-refractivity contribution is 5.88. The van der Waals surface area contributed by atoms with E-state index >= 15 is 0 Å². The van der Waals surface area contributed by atoms with Crippen LogP contribution in [0.1, 0.15) is 39.4 Å². The summed E-state index contributed by atoms with van der Waals surface area (Å²) in [7, 11) is 1.40. The van der Waals surface area contributed by atoms with E-state index in [0.29, 0.717) is 11.0 Å². The van der Waals surface area contributed by atoms with Crippen molar-refractivity contribution in [1.29, 1.82) is 0 Å². The molecule has 0 bridgehead atoms. The number of hydrogen-bond donors (Lipinski definition) is 2. The highest BCUT2D eigenvalue weighted by Crippen LogP contribution is 2.35. The van der Waals surface area contributed by atoms with Crippen molar-refractivity contribution in [1.82, 2.24) is 0 Å². The summed E-state index contributed by atoms with van der Waals surface area (Å²) in [5, 5.41) is 21.9. The fourth-order valence-corrected chi connectivity index (χ4v) is 2.61. The van der Waals surface area contributed by atoms with Crippen LogP contribution in [-0.4, -0.2) is 35.0 Å². The molecule has 0 unspecified atom stereocenters. The largest absolute Gasteiger partial charge is 0.496 e. The number of carbonyl (C=O) groups excluding carboxylic acids is 1. The summed E-state index contributed by atoms with van der Waals surface area (Å²) in [5.74, 6) is -0.410. The lowest BCUT2D eigenvalue weighted by molar-refractivity contribution is -0.172. The maximum atomic E-state index is 12.2. The second kappa shape index (κ2) is 7.94. The van der Waals surface area contributed by atoms with Gasteiger partial charge in [-0.15, -0.1) is 0 Å². The van der Waals surface area contributed by atoms with Crippen molar-refractivity contribution in [2.75, 3.05) is 7.11 Å². The van der Waals surface area contributed by atoms with E-state index in [1.54, 1.807) is 32.1 Å². The number of benzene rings is 1. The number of aliphatic hydroxyl groups is 2. The number of esters is 1. The molecule has 1 heterocycles. The molecule has 7 nitrogen and oxygen atoms in total. The number of allylic oxidation sites excluding steroid dienone is 1. The molecule has 2 N–H and O–H groups in total. The summed E-state index contributed by atoms with van der Waals surface area (Å²) >= 11 is 0. The first-order valence-corrected chi connectivity index (χ1v) is 8.44. The van der Waals surface area contributed by atoms with E-state index in [1.807, 2.05) is 0 Å². The van der Waals surface area contributed by atoms with Gasteiger partial charge in [-0.25, -0.2) is 9.59 Å². The molecular formula is C20H24O7. The summed E-state index contributed by atoms with van der Waals surface area (Å²) in [5.41, 5.74) is -1.12. The van der Waals surface area contributed by atoms with E-state index in [9.17, 15) is 19.8 Å². The minimum atomic E-state index is -1.54. The van der Waals surface area contributed by atoms with Crippen LogP contribution in [-0.2, 0) is 9.53 Å². The lowest BCUT2D eigenvalue weighted by Crippen LogP contribution is -2.44. The van der Waals surface area contributed by atoms with Gasteiger partial charge in [0.05, 0.1) is 12.7 Å². The number of fused-ring (bicyclic) bond motifs is 1. The minimum absolute atomic E-state index is 0.234. The minimum Gasteiger partial charge on any atom is -0.496 e. The fourth-order valence-electron chi connectivity index (χ4n) is 2.61. The fraction of sp³-hybridized carbons (Fsp3) is 0.400. The van der Waals surface area contributed by atoms with Gasteiger partial charge in [-0.1, -0.05) is 6.08 Å². The summed E-state index contributed by atoms with van der Waals surface area (Å²) < 4.78 is 15.8. The SMILES string of the molecule is CC=C(C)C(=O)O[C@@H]([C@H](O)c1cc2ccc(=O)oc2cc1OC)C(C)(C)O. The van der Waals surface area contributed by atoms with Crippen LogP contribution in [0.15, 0.2) is 45.1 Å². The topological polar surface area (TPSA) is 106 Å². The summed E-state index contributed by atoms with van der Waals surface area (Å²) in [6.45, 7) is 6.14. The van der Waals surface area contributed by atoms with E-state index in [2.05, 4.69) is 0 Å². The molecular weight excluding hydrogens is 352 g/mol. The normalized spacial score (nSPS) is 14.7. The zero-order valence-corrected chi connectivity index (χ0v) is 16.0. The lowest BCUT2D eigenvalue weighted by Gasteiger charge is -2.33. The van der Waals surface area contributed by atoms with Crippen molar-refractivity contribution in [3.63, 3.8) is 0 Å². The number of methoxy groups -OCH3 is 1. The molecule has 0 saturated heterocycles. The zero-order valence-electron chi connectivity index (χ0n) is 16.0.